The van der Waals surface area contributed by atoms with E-state index in [1.165, 1.54) is 0 Å². The van der Waals surface area contributed by atoms with Crippen LogP contribution in [0.2, 0.25) is 0 Å². The zero-order valence-electron chi connectivity index (χ0n) is 13.9. The van der Waals surface area contributed by atoms with E-state index in [9.17, 15) is 0 Å². The first kappa shape index (κ1) is 17.6. The summed E-state index contributed by atoms with van der Waals surface area (Å²) in [4.78, 5) is 0. The maximum absolute atomic E-state index is 5.52. The predicted octanol–water partition coefficient (Wildman–Crippen LogP) is 2.65. The maximum atomic E-state index is 5.52. The van der Waals surface area contributed by atoms with Gasteiger partial charge in [0, 0.05) is 31.4 Å². The fourth-order valence-electron chi connectivity index (χ4n) is 2.51. The fourth-order valence-corrected chi connectivity index (χ4v) is 2.51. The van der Waals surface area contributed by atoms with E-state index < -0.39 is 0 Å². The molecule has 1 aromatic carbocycles. The van der Waals surface area contributed by atoms with Crippen LogP contribution in [0.15, 0.2) is 12.1 Å². The molecular formula is C16H27NO4. The Morgan fingerprint density at radius 1 is 0.952 bits per heavy atom. The molecule has 120 valence electrons. The van der Waals surface area contributed by atoms with Crippen LogP contribution >= 0.6 is 0 Å². The quantitative estimate of drug-likeness (QED) is 0.759. The molecule has 0 fully saturated rings. The molecule has 2 atom stereocenters. The van der Waals surface area contributed by atoms with Crippen LogP contribution in [0, 0.1) is 5.92 Å². The van der Waals surface area contributed by atoms with Crippen LogP contribution in [0.1, 0.15) is 24.9 Å². The Kier molecular flexibility index (Phi) is 7.32. The smallest absolute Gasteiger partial charge is 0.164 e. The zero-order chi connectivity index (χ0) is 15.8. The third-order valence-corrected chi connectivity index (χ3v) is 3.73. The van der Waals surface area contributed by atoms with Gasteiger partial charge in [-0.3, -0.25) is 0 Å². The number of nitrogens with one attached hydrogen (secondary N) is 1. The van der Waals surface area contributed by atoms with Crippen LogP contribution < -0.4 is 19.5 Å². The lowest BCUT2D eigenvalue weighted by molar-refractivity contribution is 0.171. The van der Waals surface area contributed by atoms with Gasteiger partial charge in [-0.05, 0) is 25.5 Å². The molecule has 0 aromatic heterocycles. The van der Waals surface area contributed by atoms with Crippen molar-refractivity contribution in [2.45, 2.75) is 19.4 Å². The van der Waals surface area contributed by atoms with E-state index in [1.54, 1.807) is 28.4 Å². The summed E-state index contributed by atoms with van der Waals surface area (Å²) in [5.74, 6) is 2.54. The Balaban J connectivity index is 3.17. The Bertz CT molecular complexity index is 437. The molecule has 2 unspecified atom stereocenters. The van der Waals surface area contributed by atoms with Crippen molar-refractivity contribution < 1.29 is 18.9 Å². The second-order valence-corrected chi connectivity index (χ2v) is 4.97. The van der Waals surface area contributed by atoms with Crippen LogP contribution in [0.4, 0.5) is 0 Å². The number of methoxy groups -OCH3 is 4. The van der Waals surface area contributed by atoms with E-state index in [2.05, 4.69) is 12.2 Å². The lowest BCUT2D eigenvalue weighted by atomic mass is 9.91. The summed E-state index contributed by atoms with van der Waals surface area (Å²) in [7, 11) is 8.59. The van der Waals surface area contributed by atoms with Gasteiger partial charge in [-0.2, -0.15) is 0 Å². The Morgan fingerprint density at radius 3 is 2.00 bits per heavy atom. The molecule has 0 bridgehead atoms. The molecule has 0 aliphatic heterocycles. The highest BCUT2D eigenvalue weighted by atomic mass is 16.5. The van der Waals surface area contributed by atoms with Crippen LogP contribution in [-0.2, 0) is 4.74 Å². The molecule has 1 rings (SSSR count). The van der Waals surface area contributed by atoms with E-state index in [0.29, 0.717) is 17.4 Å². The van der Waals surface area contributed by atoms with Gasteiger partial charge in [-0.25, -0.2) is 0 Å². The molecule has 0 heterocycles. The molecule has 0 spiro atoms. The Morgan fingerprint density at radius 2 is 1.52 bits per heavy atom. The van der Waals surface area contributed by atoms with Crippen molar-refractivity contribution in [1.82, 2.24) is 5.32 Å². The van der Waals surface area contributed by atoms with Gasteiger partial charge in [0.2, 0.25) is 0 Å². The van der Waals surface area contributed by atoms with Gasteiger partial charge in [0.05, 0.1) is 21.3 Å². The van der Waals surface area contributed by atoms with E-state index in [4.69, 9.17) is 18.9 Å². The molecular weight excluding hydrogens is 270 g/mol. The largest absolute Gasteiger partial charge is 0.496 e. The second-order valence-electron chi connectivity index (χ2n) is 4.97. The summed E-state index contributed by atoms with van der Waals surface area (Å²) in [5.41, 5.74) is 1.06. The van der Waals surface area contributed by atoms with Gasteiger partial charge < -0.3 is 24.3 Å². The first-order chi connectivity index (χ1) is 10.1. The van der Waals surface area contributed by atoms with Gasteiger partial charge in [0.25, 0.3) is 0 Å². The van der Waals surface area contributed by atoms with Crippen molar-refractivity contribution in [2.24, 2.45) is 5.92 Å². The minimum atomic E-state index is 0.148. The average molecular weight is 297 g/mol. The maximum Gasteiger partial charge on any atom is 0.164 e. The third-order valence-electron chi connectivity index (χ3n) is 3.73. The number of ether oxygens (including phenoxy) is 4. The average Bonchev–Trinajstić information content (AvgIpc) is 2.52. The van der Waals surface area contributed by atoms with Gasteiger partial charge in [0.1, 0.15) is 5.75 Å². The van der Waals surface area contributed by atoms with Crippen molar-refractivity contribution >= 4 is 0 Å². The number of hydrogen-bond acceptors (Lipinski definition) is 5. The summed E-state index contributed by atoms with van der Waals surface area (Å²) < 4.78 is 21.4. The molecule has 5 nitrogen and oxygen atoms in total. The van der Waals surface area contributed by atoms with Crippen molar-refractivity contribution in [3.05, 3.63) is 17.7 Å². The minimum Gasteiger partial charge on any atom is -0.496 e. The standard InChI is InChI=1S/C16H27NO4/c1-11(7-8-18-3)16(17-2)12-9-14(20-5)15(21-6)10-13(12)19-4/h9-11,16-17H,7-8H2,1-6H3. The van der Waals surface area contributed by atoms with Gasteiger partial charge in [-0.15, -0.1) is 0 Å². The molecule has 0 saturated heterocycles. The van der Waals surface area contributed by atoms with Crippen LogP contribution in [-0.4, -0.2) is 42.1 Å². The van der Waals surface area contributed by atoms with Crippen molar-refractivity contribution in [3.63, 3.8) is 0 Å². The number of benzene rings is 1. The van der Waals surface area contributed by atoms with Crippen molar-refractivity contribution in [3.8, 4) is 17.2 Å². The van der Waals surface area contributed by atoms with Crippen molar-refractivity contribution in [2.75, 3.05) is 42.1 Å². The monoisotopic (exact) mass is 297 g/mol. The minimum absolute atomic E-state index is 0.148. The van der Waals surface area contributed by atoms with E-state index in [1.807, 2.05) is 19.2 Å². The van der Waals surface area contributed by atoms with Gasteiger partial charge in [-0.1, -0.05) is 6.92 Å². The van der Waals surface area contributed by atoms with Crippen LogP contribution in [0.25, 0.3) is 0 Å². The first-order valence-corrected chi connectivity index (χ1v) is 7.09. The lowest BCUT2D eigenvalue weighted by Gasteiger charge is -2.26. The summed E-state index contributed by atoms with van der Waals surface area (Å²) in [6.07, 6.45) is 0.958. The highest BCUT2D eigenvalue weighted by molar-refractivity contribution is 5.52. The predicted molar refractivity (Wildman–Crippen MR) is 83.6 cm³/mol. The third kappa shape index (κ3) is 4.25. The summed E-state index contributed by atoms with van der Waals surface area (Å²) >= 11 is 0. The van der Waals surface area contributed by atoms with Crippen molar-refractivity contribution in [1.29, 1.82) is 0 Å². The Hall–Kier alpha value is -1.46. The molecule has 0 saturated carbocycles. The topological polar surface area (TPSA) is 49.0 Å². The molecule has 0 radical (unpaired) electrons. The number of rotatable bonds is 9. The van der Waals surface area contributed by atoms with Gasteiger partial charge in [0.15, 0.2) is 11.5 Å². The molecule has 0 amide bonds. The summed E-state index contributed by atoms with van der Waals surface area (Å²) in [5, 5.41) is 3.36. The normalized spacial score (nSPS) is 13.6. The zero-order valence-corrected chi connectivity index (χ0v) is 13.9. The molecule has 1 N–H and O–H groups in total. The lowest BCUT2D eigenvalue weighted by Crippen LogP contribution is -2.25. The molecule has 1 aromatic rings. The highest BCUT2D eigenvalue weighted by Gasteiger charge is 2.23. The number of hydrogen-bond donors (Lipinski definition) is 1. The molecule has 0 aliphatic rings. The summed E-state index contributed by atoms with van der Waals surface area (Å²) in [6, 6.07) is 3.99. The SMILES string of the molecule is CNC(c1cc(OC)c(OC)cc1OC)C(C)CCOC. The Labute approximate surface area is 127 Å². The first-order valence-electron chi connectivity index (χ1n) is 7.09. The van der Waals surface area contributed by atoms with Gasteiger partial charge >= 0.3 is 0 Å². The summed E-state index contributed by atoms with van der Waals surface area (Å²) in [6.45, 7) is 2.92. The van der Waals surface area contributed by atoms with Crippen LogP contribution in [0.5, 0.6) is 17.2 Å². The molecule has 0 aliphatic carbocycles. The molecule has 21 heavy (non-hydrogen) atoms. The van der Waals surface area contributed by atoms with E-state index in [0.717, 1.165) is 24.3 Å². The van der Waals surface area contributed by atoms with E-state index in [-0.39, 0.29) is 6.04 Å². The molecule has 5 heteroatoms. The second kappa shape index (κ2) is 8.74. The highest BCUT2D eigenvalue weighted by Crippen LogP contribution is 2.39. The van der Waals surface area contributed by atoms with Crippen LogP contribution in [0.3, 0.4) is 0 Å². The van der Waals surface area contributed by atoms with E-state index >= 15 is 0 Å². The fraction of sp³-hybridized carbons (Fsp3) is 0.625.